The first-order chi connectivity index (χ1) is 5.70. The zero-order chi connectivity index (χ0) is 8.97. The van der Waals surface area contributed by atoms with Crippen LogP contribution in [-0.2, 0) is 11.2 Å². The number of carboxylic acids is 1. The Hall–Kier alpha value is -1.03. The molecule has 1 atom stereocenters. The van der Waals surface area contributed by atoms with Gasteiger partial charge in [0.25, 0.3) is 0 Å². The molecule has 5 heteroatoms. The lowest BCUT2D eigenvalue weighted by molar-refractivity contribution is -0.136. The van der Waals surface area contributed by atoms with Gasteiger partial charge in [0.05, 0.1) is 6.33 Å². The highest BCUT2D eigenvalue weighted by molar-refractivity contribution is 6.29. The number of aromatic amines is 1. The summed E-state index contributed by atoms with van der Waals surface area (Å²) < 4.78 is 0. The van der Waals surface area contributed by atoms with E-state index in [1.54, 1.807) is 12.5 Å². The van der Waals surface area contributed by atoms with Crippen LogP contribution in [0.4, 0.5) is 0 Å². The van der Waals surface area contributed by atoms with Gasteiger partial charge in [0.1, 0.15) is 5.38 Å². The summed E-state index contributed by atoms with van der Waals surface area (Å²) in [5.74, 6) is -0.976. The maximum atomic E-state index is 10.3. The number of H-pyrrole nitrogens is 1. The number of nitrogens with zero attached hydrogens (tertiary/aromatic N) is 1. The molecule has 1 aromatic rings. The number of carbonyl (C=O) groups is 1. The first-order valence-electron chi connectivity index (χ1n) is 3.54. The van der Waals surface area contributed by atoms with Crippen molar-refractivity contribution < 1.29 is 9.90 Å². The summed E-state index contributed by atoms with van der Waals surface area (Å²) in [6.07, 6.45) is 4.24. The van der Waals surface area contributed by atoms with Crippen LogP contribution in [-0.4, -0.2) is 26.4 Å². The second-order valence-corrected chi connectivity index (χ2v) is 2.95. The number of hydrogen-bond acceptors (Lipinski definition) is 2. The molecule has 0 aliphatic heterocycles. The van der Waals surface area contributed by atoms with E-state index in [4.69, 9.17) is 16.7 Å². The van der Waals surface area contributed by atoms with Crippen LogP contribution in [0.1, 0.15) is 12.1 Å². The Kier molecular flexibility index (Phi) is 3.10. The van der Waals surface area contributed by atoms with Crippen molar-refractivity contribution in [3.05, 3.63) is 18.2 Å². The minimum Gasteiger partial charge on any atom is -0.480 e. The Morgan fingerprint density at radius 2 is 2.58 bits per heavy atom. The molecule has 12 heavy (non-hydrogen) atoms. The molecule has 0 aliphatic carbocycles. The molecular formula is C7H9ClN2O2. The first kappa shape index (κ1) is 9.06. The average Bonchev–Trinajstić information content (AvgIpc) is 2.51. The molecule has 1 rings (SSSR count). The Balaban J connectivity index is 2.31. The van der Waals surface area contributed by atoms with Crippen LogP contribution in [0.3, 0.4) is 0 Å². The molecule has 0 aromatic carbocycles. The van der Waals surface area contributed by atoms with Crippen molar-refractivity contribution >= 4 is 17.6 Å². The zero-order valence-electron chi connectivity index (χ0n) is 6.33. The van der Waals surface area contributed by atoms with Crippen molar-refractivity contribution in [3.63, 3.8) is 0 Å². The average molecular weight is 189 g/mol. The van der Waals surface area contributed by atoms with Gasteiger partial charge in [-0.3, -0.25) is 4.79 Å². The molecule has 66 valence electrons. The maximum absolute atomic E-state index is 10.3. The Morgan fingerprint density at radius 3 is 3.08 bits per heavy atom. The van der Waals surface area contributed by atoms with Gasteiger partial charge in [-0.25, -0.2) is 4.98 Å². The number of imidazole rings is 1. The third-order valence-electron chi connectivity index (χ3n) is 1.49. The van der Waals surface area contributed by atoms with Gasteiger partial charge >= 0.3 is 5.97 Å². The van der Waals surface area contributed by atoms with E-state index in [9.17, 15) is 4.79 Å². The fourth-order valence-electron chi connectivity index (χ4n) is 0.827. The van der Waals surface area contributed by atoms with E-state index >= 15 is 0 Å². The summed E-state index contributed by atoms with van der Waals surface area (Å²) in [7, 11) is 0. The monoisotopic (exact) mass is 188 g/mol. The second-order valence-electron chi connectivity index (χ2n) is 2.42. The number of aryl methyl sites for hydroxylation is 1. The smallest absolute Gasteiger partial charge is 0.321 e. The van der Waals surface area contributed by atoms with Gasteiger partial charge in [-0.1, -0.05) is 0 Å². The largest absolute Gasteiger partial charge is 0.480 e. The molecule has 0 fully saturated rings. The normalized spacial score (nSPS) is 12.8. The standard InChI is InChI=1S/C7H9ClN2O2/c8-6(7(11)12)2-1-5-3-9-4-10-5/h3-4,6H,1-2H2,(H,9,10)(H,11,12). The van der Waals surface area contributed by atoms with Crippen molar-refractivity contribution in [2.75, 3.05) is 0 Å². The fraction of sp³-hybridized carbons (Fsp3) is 0.429. The van der Waals surface area contributed by atoms with Gasteiger partial charge in [0, 0.05) is 11.9 Å². The Bertz CT molecular complexity index is 248. The summed E-state index contributed by atoms with van der Waals surface area (Å²) in [6, 6.07) is 0. The van der Waals surface area contributed by atoms with Gasteiger partial charge in [0.2, 0.25) is 0 Å². The van der Waals surface area contributed by atoms with E-state index < -0.39 is 11.3 Å². The molecule has 4 nitrogen and oxygen atoms in total. The molecule has 2 N–H and O–H groups in total. The van der Waals surface area contributed by atoms with Gasteiger partial charge in [-0.15, -0.1) is 11.6 Å². The van der Waals surface area contributed by atoms with E-state index in [1.807, 2.05) is 0 Å². The van der Waals surface area contributed by atoms with Crippen LogP contribution in [0.25, 0.3) is 0 Å². The van der Waals surface area contributed by atoms with E-state index in [1.165, 1.54) is 0 Å². The molecule has 0 radical (unpaired) electrons. The molecule has 1 heterocycles. The number of alkyl halides is 1. The molecule has 0 amide bonds. The quantitative estimate of drug-likeness (QED) is 0.694. The molecule has 0 spiro atoms. The molecule has 0 saturated heterocycles. The lowest BCUT2D eigenvalue weighted by Crippen LogP contribution is -2.13. The number of nitrogens with one attached hydrogen (secondary N) is 1. The minimum atomic E-state index is -0.976. The SMILES string of the molecule is O=C(O)C(Cl)CCc1cnc[nH]1. The molecular weight excluding hydrogens is 180 g/mol. The van der Waals surface area contributed by atoms with E-state index in [2.05, 4.69) is 9.97 Å². The van der Waals surface area contributed by atoms with Gasteiger partial charge in [0.15, 0.2) is 0 Å². The van der Waals surface area contributed by atoms with Crippen molar-refractivity contribution in [1.29, 1.82) is 0 Å². The maximum Gasteiger partial charge on any atom is 0.321 e. The number of rotatable bonds is 4. The molecule has 1 unspecified atom stereocenters. The summed E-state index contributed by atoms with van der Waals surface area (Å²) in [5.41, 5.74) is 0.905. The highest BCUT2D eigenvalue weighted by atomic mass is 35.5. The number of aliphatic carboxylic acids is 1. The highest BCUT2D eigenvalue weighted by Gasteiger charge is 2.12. The summed E-state index contributed by atoms with van der Waals surface area (Å²) >= 11 is 5.50. The number of aromatic nitrogens is 2. The van der Waals surface area contributed by atoms with Gasteiger partial charge in [-0.05, 0) is 12.8 Å². The van der Waals surface area contributed by atoms with Crippen molar-refractivity contribution in [3.8, 4) is 0 Å². The van der Waals surface area contributed by atoms with Crippen LogP contribution in [0.2, 0.25) is 0 Å². The Labute approximate surface area is 74.6 Å². The molecule has 1 aromatic heterocycles. The van der Waals surface area contributed by atoms with E-state index in [-0.39, 0.29) is 0 Å². The van der Waals surface area contributed by atoms with Crippen LogP contribution in [0.5, 0.6) is 0 Å². The topological polar surface area (TPSA) is 66.0 Å². The predicted octanol–water partition coefficient (Wildman–Crippen LogP) is 1.03. The third kappa shape index (κ3) is 2.54. The lowest BCUT2D eigenvalue weighted by atomic mass is 10.2. The predicted molar refractivity (Wildman–Crippen MR) is 44.2 cm³/mol. The molecule has 0 saturated carbocycles. The minimum absolute atomic E-state index is 0.416. The fourth-order valence-corrected chi connectivity index (χ4v) is 0.936. The number of halogens is 1. The van der Waals surface area contributed by atoms with Gasteiger partial charge in [-0.2, -0.15) is 0 Å². The summed E-state index contributed by atoms with van der Waals surface area (Å²) in [4.78, 5) is 17.0. The van der Waals surface area contributed by atoms with Gasteiger partial charge < -0.3 is 10.1 Å². The highest BCUT2D eigenvalue weighted by Crippen LogP contribution is 2.06. The van der Waals surface area contributed by atoms with Crippen LogP contribution < -0.4 is 0 Å². The van der Waals surface area contributed by atoms with Crippen molar-refractivity contribution in [1.82, 2.24) is 9.97 Å². The van der Waals surface area contributed by atoms with Crippen LogP contribution in [0, 0.1) is 0 Å². The zero-order valence-corrected chi connectivity index (χ0v) is 7.08. The Morgan fingerprint density at radius 1 is 1.83 bits per heavy atom. The third-order valence-corrected chi connectivity index (χ3v) is 1.89. The van der Waals surface area contributed by atoms with Crippen LogP contribution >= 0.6 is 11.6 Å². The van der Waals surface area contributed by atoms with Crippen LogP contribution in [0.15, 0.2) is 12.5 Å². The second kappa shape index (κ2) is 4.11. The first-order valence-corrected chi connectivity index (χ1v) is 3.98. The summed E-state index contributed by atoms with van der Waals surface area (Å²) in [5, 5.41) is 7.64. The van der Waals surface area contributed by atoms with E-state index in [0.717, 1.165) is 5.69 Å². The number of carboxylic acid groups (broad SMARTS) is 1. The molecule has 0 bridgehead atoms. The number of hydrogen-bond donors (Lipinski definition) is 2. The molecule has 0 aliphatic rings. The van der Waals surface area contributed by atoms with E-state index in [0.29, 0.717) is 12.8 Å². The van der Waals surface area contributed by atoms with Crippen molar-refractivity contribution in [2.45, 2.75) is 18.2 Å². The van der Waals surface area contributed by atoms with Crippen molar-refractivity contribution in [2.24, 2.45) is 0 Å². The summed E-state index contributed by atoms with van der Waals surface area (Å²) in [6.45, 7) is 0. The lowest BCUT2D eigenvalue weighted by Gasteiger charge is -2.00.